The van der Waals surface area contributed by atoms with Gasteiger partial charge in [-0.1, -0.05) is 26.2 Å². The highest BCUT2D eigenvalue weighted by Crippen LogP contribution is 2.34. The van der Waals surface area contributed by atoms with Gasteiger partial charge in [0.1, 0.15) is 0 Å². The van der Waals surface area contributed by atoms with E-state index >= 15 is 0 Å². The van der Waals surface area contributed by atoms with Crippen LogP contribution in [-0.4, -0.2) is 49.8 Å². The van der Waals surface area contributed by atoms with Gasteiger partial charge >= 0.3 is 0 Å². The van der Waals surface area contributed by atoms with Crippen molar-refractivity contribution in [2.45, 2.75) is 63.6 Å². The molecule has 1 aromatic heterocycles. The topological polar surface area (TPSA) is 58.9 Å². The fourth-order valence-corrected chi connectivity index (χ4v) is 3.80. The monoisotopic (exact) mass is 278 g/mol. The Labute approximate surface area is 120 Å². The molecule has 1 spiro atoms. The fourth-order valence-electron chi connectivity index (χ4n) is 3.80. The van der Waals surface area contributed by atoms with Crippen LogP contribution in [0.3, 0.4) is 0 Å². The second kappa shape index (κ2) is 5.77. The predicted octanol–water partition coefficient (Wildman–Crippen LogP) is 1.10. The number of nitrogens with one attached hydrogen (secondary N) is 1. The highest BCUT2D eigenvalue weighted by Gasteiger charge is 2.40. The van der Waals surface area contributed by atoms with E-state index in [0.29, 0.717) is 11.6 Å². The smallest absolute Gasteiger partial charge is 0.188 e. The molecule has 3 rings (SSSR count). The van der Waals surface area contributed by atoms with Crippen molar-refractivity contribution in [2.24, 2.45) is 7.05 Å². The molecule has 1 aliphatic carbocycles. The Balaban J connectivity index is 1.71. The number of hydrogen-bond acceptors (Lipinski definition) is 5. The van der Waals surface area contributed by atoms with Gasteiger partial charge < -0.3 is 5.32 Å². The lowest BCUT2D eigenvalue weighted by atomic mass is 9.91. The molecule has 1 saturated heterocycles. The maximum atomic E-state index is 4.35. The van der Waals surface area contributed by atoms with Crippen molar-refractivity contribution >= 4 is 0 Å². The van der Waals surface area contributed by atoms with E-state index in [9.17, 15) is 0 Å². The molecule has 0 amide bonds. The molecule has 0 aromatic carbocycles. The summed E-state index contributed by atoms with van der Waals surface area (Å²) in [5, 5.41) is 16.3. The summed E-state index contributed by atoms with van der Waals surface area (Å²) in [6, 6.07) is 0.607. The van der Waals surface area contributed by atoms with Crippen LogP contribution in [0.2, 0.25) is 0 Å². The molecule has 112 valence electrons. The highest BCUT2D eigenvalue weighted by atomic mass is 15.6. The first kappa shape index (κ1) is 13.9. The first-order chi connectivity index (χ1) is 9.71. The summed E-state index contributed by atoms with van der Waals surface area (Å²) in [5.41, 5.74) is 0.354. The molecule has 1 atom stereocenters. The summed E-state index contributed by atoms with van der Waals surface area (Å²) >= 11 is 0. The molecule has 2 fully saturated rings. The largest absolute Gasteiger partial charge is 0.308 e. The van der Waals surface area contributed by atoms with Crippen molar-refractivity contribution < 1.29 is 0 Å². The van der Waals surface area contributed by atoms with E-state index in [1.807, 2.05) is 7.05 Å². The summed E-state index contributed by atoms with van der Waals surface area (Å²) in [7, 11) is 1.83. The van der Waals surface area contributed by atoms with Crippen LogP contribution in [0.25, 0.3) is 0 Å². The number of rotatable bonds is 4. The Bertz CT molecular complexity index is 437. The van der Waals surface area contributed by atoms with E-state index in [-0.39, 0.29) is 0 Å². The maximum Gasteiger partial charge on any atom is 0.188 e. The number of hydrogen-bond donors (Lipinski definition) is 1. The summed E-state index contributed by atoms with van der Waals surface area (Å²) < 4.78 is 0. The first-order valence-electron chi connectivity index (χ1n) is 7.93. The van der Waals surface area contributed by atoms with Gasteiger partial charge in [0.25, 0.3) is 0 Å². The molecular formula is C14H26N6. The number of aromatic nitrogens is 4. The number of aryl methyl sites for hydroxylation is 1. The Morgan fingerprint density at radius 2 is 2.15 bits per heavy atom. The van der Waals surface area contributed by atoms with Crippen molar-refractivity contribution in [3.05, 3.63) is 5.82 Å². The van der Waals surface area contributed by atoms with Gasteiger partial charge in [-0.25, -0.2) is 0 Å². The summed E-state index contributed by atoms with van der Waals surface area (Å²) in [6.07, 6.45) is 7.82. The highest BCUT2D eigenvalue weighted by molar-refractivity contribution is 5.01. The standard InChI is InChI=1S/C14H26N6/c1-3-6-12-9-15-14(7-4-5-8-14)11-20(12)10-13-16-18-19(2)17-13/h12,15H,3-11H2,1-2H3. The van der Waals surface area contributed by atoms with Crippen LogP contribution in [0, 0.1) is 0 Å². The van der Waals surface area contributed by atoms with Gasteiger partial charge in [-0.2, -0.15) is 4.80 Å². The third-order valence-electron chi connectivity index (χ3n) is 4.81. The fraction of sp³-hybridized carbons (Fsp3) is 0.929. The second-order valence-electron chi connectivity index (χ2n) is 6.41. The minimum atomic E-state index is 0.354. The minimum Gasteiger partial charge on any atom is -0.308 e. The number of nitrogens with zero attached hydrogens (tertiary/aromatic N) is 5. The Hall–Kier alpha value is -1.01. The lowest BCUT2D eigenvalue weighted by molar-refractivity contribution is 0.0667. The van der Waals surface area contributed by atoms with Crippen LogP contribution in [0.1, 0.15) is 51.3 Å². The van der Waals surface area contributed by atoms with Crippen LogP contribution in [0.5, 0.6) is 0 Å². The van der Waals surface area contributed by atoms with E-state index in [1.165, 1.54) is 38.5 Å². The quantitative estimate of drug-likeness (QED) is 0.893. The molecule has 1 N–H and O–H groups in total. The number of piperazine rings is 1. The van der Waals surface area contributed by atoms with Crippen molar-refractivity contribution in [1.29, 1.82) is 0 Å². The van der Waals surface area contributed by atoms with Gasteiger partial charge in [0.15, 0.2) is 5.82 Å². The normalized spacial score (nSPS) is 26.4. The van der Waals surface area contributed by atoms with Crippen molar-refractivity contribution in [2.75, 3.05) is 13.1 Å². The molecule has 1 saturated carbocycles. The Kier molecular flexibility index (Phi) is 4.03. The van der Waals surface area contributed by atoms with Crippen molar-refractivity contribution in [3.8, 4) is 0 Å². The van der Waals surface area contributed by atoms with E-state index in [4.69, 9.17) is 0 Å². The predicted molar refractivity (Wildman–Crippen MR) is 77.1 cm³/mol. The average molecular weight is 278 g/mol. The molecule has 0 radical (unpaired) electrons. The van der Waals surface area contributed by atoms with Crippen molar-refractivity contribution in [3.63, 3.8) is 0 Å². The molecular weight excluding hydrogens is 252 g/mol. The van der Waals surface area contributed by atoms with Crippen LogP contribution < -0.4 is 5.32 Å². The molecule has 6 heteroatoms. The van der Waals surface area contributed by atoms with Gasteiger partial charge in [0.2, 0.25) is 0 Å². The van der Waals surface area contributed by atoms with E-state index in [1.54, 1.807) is 4.80 Å². The maximum absolute atomic E-state index is 4.35. The Morgan fingerprint density at radius 1 is 1.35 bits per heavy atom. The minimum absolute atomic E-state index is 0.354. The number of tetrazole rings is 1. The molecule has 20 heavy (non-hydrogen) atoms. The third-order valence-corrected chi connectivity index (χ3v) is 4.81. The molecule has 2 aliphatic rings. The van der Waals surface area contributed by atoms with E-state index in [0.717, 1.165) is 25.5 Å². The molecule has 6 nitrogen and oxygen atoms in total. The summed E-state index contributed by atoms with van der Waals surface area (Å²) in [5.74, 6) is 0.851. The lowest BCUT2D eigenvalue weighted by Crippen LogP contribution is -2.62. The van der Waals surface area contributed by atoms with E-state index in [2.05, 4.69) is 32.6 Å². The van der Waals surface area contributed by atoms with E-state index < -0.39 is 0 Å². The zero-order valence-corrected chi connectivity index (χ0v) is 12.7. The average Bonchev–Trinajstić information content (AvgIpc) is 3.04. The summed E-state index contributed by atoms with van der Waals surface area (Å²) in [4.78, 5) is 4.14. The molecule has 2 heterocycles. The zero-order chi connectivity index (χ0) is 14.0. The van der Waals surface area contributed by atoms with Crippen LogP contribution in [-0.2, 0) is 13.6 Å². The van der Waals surface area contributed by atoms with Gasteiger partial charge in [-0.05, 0) is 24.5 Å². The third kappa shape index (κ3) is 2.86. The molecule has 1 aliphatic heterocycles. The SMILES string of the molecule is CCCC1CNC2(CCCC2)CN1Cc1nnn(C)n1. The molecule has 1 unspecified atom stereocenters. The van der Waals surface area contributed by atoms with Crippen molar-refractivity contribution in [1.82, 2.24) is 30.4 Å². The van der Waals surface area contributed by atoms with Gasteiger partial charge in [0.05, 0.1) is 13.6 Å². The van der Waals surface area contributed by atoms with Gasteiger partial charge in [0, 0.05) is 24.7 Å². The van der Waals surface area contributed by atoms with Gasteiger partial charge in [-0.15, -0.1) is 10.2 Å². The van der Waals surface area contributed by atoms with Gasteiger partial charge in [-0.3, -0.25) is 4.90 Å². The lowest BCUT2D eigenvalue weighted by Gasteiger charge is -2.46. The summed E-state index contributed by atoms with van der Waals surface area (Å²) in [6.45, 7) is 5.34. The second-order valence-corrected chi connectivity index (χ2v) is 6.41. The molecule has 0 bridgehead atoms. The molecule has 1 aromatic rings. The van der Waals surface area contributed by atoms with Crippen LogP contribution >= 0.6 is 0 Å². The first-order valence-corrected chi connectivity index (χ1v) is 7.93. The Morgan fingerprint density at radius 3 is 2.80 bits per heavy atom. The zero-order valence-electron chi connectivity index (χ0n) is 12.7. The van der Waals surface area contributed by atoms with Crippen LogP contribution in [0.15, 0.2) is 0 Å². The van der Waals surface area contributed by atoms with Crippen LogP contribution in [0.4, 0.5) is 0 Å².